The van der Waals surface area contributed by atoms with Gasteiger partial charge in [-0.15, -0.1) is 11.3 Å². The van der Waals surface area contributed by atoms with Gasteiger partial charge in [0.05, 0.1) is 11.4 Å². The molecule has 0 saturated carbocycles. The van der Waals surface area contributed by atoms with Crippen molar-refractivity contribution >= 4 is 31.5 Å². The molecule has 8 rings (SSSR count). The summed E-state index contributed by atoms with van der Waals surface area (Å²) >= 11 is 1.90. The highest BCUT2D eigenvalue weighted by Crippen LogP contribution is 2.45. The Morgan fingerprint density at radius 2 is 1.15 bits per heavy atom. The summed E-state index contributed by atoms with van der Waals surface area (Å²) in [6, 6.07) is 46.1. The van der Waals surface area contributed by atoms with Crippen molar-refractivity contribution in [1.82, 2.24) is 4.98 Å². The molecule has 1 nitrogen and oxygen atoms in total. The van der Waals surface area contributed by atoms with E-state index in [-0.39, 0.29) is 0 Å². The fourth-order valence-corrected chi connectivity index (χ4v) is 7.19. The molecule has 2 heteroatoms. The highest BCUT2D eigenvalue weighted by Gasteiger charge is 2.22. The van der Waals surface area contributed by atoms with Crippen molar-refractivity contribution in [1.29, 1.82) is 0 Å². The van der Waals surface area contributed by atoms with E-state index in [4.69, 9.17) is 4.98 Å². The zero-order valence-electron chi connectivity index (χ0n) is 21.4. The van der Waals surface area contributed by atoms with Crippen LogP contribution in [0, 0.1) is 0 Å². The van der Waals surface area contributed by atoms with Crippen LogP contribution in [0.4, 0.5) is 0 Å². The molecule has 7 aromatic rings. The Labute approximate surface area is 232 Å². The Bertz CT molecular complexity index is 1940. The van der Waals surface area contributed by atoms with Crippen LogP contribution in [0.5, 0.6) is 0 Å². The van der Waals surface area contributed by atoms with Crippen molar-refractivity contribution in [3.05, 3.63) is 139 Å². The third-order valence-corrected chi connectivity index (χ3v) is 9.10. The normalized spacial score (nSPS) is 12.4. The van der Waals surface area contributed by atoms with Crippen LogP contribution < -0.4 is 0 Å². The number of benzene rings is 5. The van der Waals surface area contributed by atoms with Gasteiger partial charge < -0.3 is 0 Å². The second kappa shape index (κ2) is 9.04. The fourth-order valence-electron chi connectivity index (χ4n) is 6.08. The molecule has 184 valence electrons. The fraction of sp³-hybridized carbons (Fsp3) is 0.0541. The Morgan fingerprint density at radius 1 is 0.487 bits per heavy atom. The third-order valence-electron chi connectivity index (χ3n) is 7.97. The van der Waals surface area contributed by atoms with Crippen LogP contribution in [-0.2, 0) is 12.8 Å². The molecule has 0 radical (unpaired) electrons. The Balaban J connectivity index is 1.31. The standard InChI is InChI=1S/C37H25NS/c1-3-9-24(10-4-1)32-22-29(23-33(38-32)25-11-5-2-6-12-25)27-17-19-30-28(21-27)16-15-26-18-20-35-37(36(26)30)31-13-7-8-14-34(31)39-35/h1-14,17-23H,15-16H2. The Morgan fingerprint density at radius 3 is 1.90 bits per heavy atom. The number of thiophene rings is 1. The second-order valence-electron chi connectivity index (χ2n) is 10.3. The number of aromatic nitrogens is 1. The predicted octanol–water partition coefficient (Wildman–Crippen LogP) is 10.2. The van der Waals surface area contributed by atoms with Gasteiger partial charge in [0.1, 0.15) is 0 Å². The first-order chi connectivity index (χ1) is 19.3. The molecule has 0 N–H and O–H groups in total. The van der Waals surface area contributed by atoms with E-state index < -0.39 is 0 Å². The lowest BCUT2D eigenvalue weighted by Gasteiger charge is -2.22. The Kier molecular flexibility index (Phi) is 5.21. The van der Waals surface area contributed by atoms with E-state index in [1.165, 1.54) is 53.6 Å². The van der Waals surface area contributed by atoms with Crippen LogP contribution >= 0.6 is 11.3 Å². The van der Waals surface area contributed by atoms with Gasteiger partial charge in [0.15, 0.2) is 0 Å². The monoisotopic (exact) mass is 515 g/mol. The number of rotatable bonds is 3. The van der Waals surface area contributed by atoms with Gasteiger partial charge in [-0.05, 0) is 70.5 Å². The molecule has 39 heavy (non-hydrogen) atoms. The van der Waals surface area contributed by atoms with Crippen molar-refractivity contribution < 1.29 is 0 Å². The molecule has 1 aliphatic carbocycles. The van der Waals surface area contributed by atoms with Gasteiger partial charge in [-0.2, -0.15) is 0 Å². The van der Waals surface area contributed by atoms with Crippen LogP contribution in [-0.4, -0.2) is 4.98 Å². The van der Waals surface area contributed by atoms with Gasteiger partial charge in [0, 0.05) is 31.3 Å². The summed E-state index contributed by atoms with van der Waals surface area (Å²) in [4.78, 5) is 5.07. The lowest BCUT2D eigenvalue weighted by molar-refractivity contribution is 0.946. The maximum absolute atomic E-state index is 5.07. The molecule has 5 aromatic carbocycles. The summed E-state index contributed by atoms with van der Waals surface area (Å²) in [7, 11) is 0. The molecule has 1 aliphatic rings. The van der Waals surface area contributed by atoms with Gasteiger partial charge in [-0.3, -0.25) is 0 Å². The maximum Gasteiger partial charge on any atom is 0.0715 e. The first-order valence-corrected chi connectivity index (χ1v) is 14.3. The highest BCUT2D eigenvalue weighted by atomic mass is 32.1. The van der Waals surface area contributed by atoms with Crippen LogP contribution in [0.3, 0.4) is 0 Å². The summed E-state index contributed by atoms with van der Waals surface area (Å²) in [5, 5.41) is 2.80. The molecule has 0 fully saturated rings. The third kappa shape index (κ3) is 3.79. The van der Waals surface area contributed by atoms with E-state index in [9.17, 15) is 0 Å². The number of nitrogens with zero attached hydrogens (tertiary/aromatic N) is 1. The molecule has 0 bridgehead atoms. The molecular formula is C37H25NS. The minimum atomic E-state index is 1.00. The summed E-state index contributed by atoms with van der Waals surface area (Å²) < 4.78 is 2.74. The molecule has 2 heterocycles. The van der Waals surface area contributed by atoms with Crippen molar-refractivity contribution in [3.63, 3.8) is 0 Å². The molecule has 0 spiro atoms. The van der Waals surface area contributed by atoms with E-state index in [1.807, 2.05) is 11.3 Å². The number of fused-ring (bicyclic) bond motifs is 7. The van der Waals surface area contributed by atoms with Crippen molar-refractivity contribution in [2.75, 3.05) is 0 Å². The van der Waals surface area contributed by atoms with E-state index >= 15 is 0 Å². The average molecular weight is 516 g/mol. The molecular weight excluding hydrogens is 490 g/mol. The molecule has 0 saturated heterocycles. The van der Waals surface area contributed by atoms with Crippen LogP contribution in [0.2, 0.25) is 0 Å². The molecule has 0 unspecified atom stereocenters. The zero-order chi connectivity index (χ0) is 25.8. The average Bonchev–Trinajstić information content (AvgIpc) is 3.40. The van der Waals surface area contributed by atoms with Gasteiger partial charge in [-0.25, -0.2) is 4.98 Å². The largest absolute Gasteiger partial charge is 0.248 e. The van der Waals surface area contributed by atoms with E-state index in [0.717, 1.165) is 35.4 Å². The molecule has 2 aromatic heterocycles. The van der Waals surface area contributed by atoms with Gasteiger partial charge in [0.25, 0.3) is 0 Å². The van der Waals surface area contributed by atoms with E-state index in [1.54, 1.807) is 0 Å². The SMILES string of the molecule is c1ccc(-c2cc(-c3ccc4c(c3)CCc3ccc5sc6ccccc6c5c3-4)cc(-c3ccccc3)n2)cc1. The van der Waals surface area contributed by atoms with Crippen molar-refractivity contribution in [2.45, 2.75) is 12.8 Å². The Hall–Kier alpha value is -4.53. The highest BCUT2D eigenvalue weighted by molar-refractivity contribution is 7.25. The lowest BCUT2D eigenvalue weighted by Crippen LogP contribution is -2.04. The summed E-state index contributed by atoms with van der Waals surface area (Å²) in [5.74, 6) is 0. The van der Waals surface area contributed by atoms with Gasteiger partial charge in [-0.1, -0.05) is 103 Å². The van der Waals surface area contributed by atoms with E-state index in [2.05, 4.69) is 127 Å². The van der Waals surface area contributed by atoms with Gasteiger partial charge >= 0.3 is 0 Å². The molecule has 0 atom stereocenters. The van der Waals surface area contributed by atoms with Crippen LogP contribution in [0.1, 0.15) is 11.1 Å². The smallest absolute Gasteiger partial charge is 0.0715 e. The first-order valence-electron chi connectivity index (χ1n) is 13.5. The summed E-state index contributed by atoms with van der Waals surface area (Å²) in [6.07, 6.45) is 2.14. The first kappa shape index (κ1) is 22.5. The van der Waals surface area contributed by atoms with Crippen molar-refractivity contribution in [3.8, 4) is 44.8 Å². The van der Waals surface area contributed by atoms with Crippen LogP contribution in [0.15, 0.2) is 127 Å². The maximum atomic E-state index is 5.07. The molecule has 0 amide bonds. The summed E-state index contributed by atoms with van der Waals surface area (Å²) in [6.45, 7) is 0. The minimum Gasteiger partial charge on any atom is -0.248 e. The number of pyridine rings is 1. The van der Waals surface area contributed by atoms with Crippen LogP contribution in [0.25, 0.3) is 64.9 Å². The number of hydrogen-bond acceptors (Lipinski definition) is 2. The summed E-state index contributed by atoms with van der Waals surface area (Å²) in [5.41, 5.74) is 12.4. The quantitative estimate of drug-likeness (QED) is 0.228. The zero-order valence-corrected chi connectivity index (χ0v) is 22.2. The molecule has 0 aliphatic heterocycles. The number of hydrogen-bond donors (Lipinski definition) is 0. The predicted molar refractivity (Wildman–Crippen MR) is 166 cm³/mol. The van der Waals surface area contributed by atoms with E-state index in [0.29, 0.717) is 0 Å². The second-order valence-corrected chi connectivity index (χ2v) is 11.4. The topological polar surface area (TPSA) is 12.9 Å². The minimum absolute atomic E-state index is 1.00. The number of aryl methyl sites for hydroxylation is 2. The lowest BCUT2D eigenvalue weighted by atomic mass is 9.82. The van der Waals surface area contributed by atoms with Gasteiger partial charge in [0.2, 0.25) is 0 Å². The van der Waals surface area contributed by atoms with Crippen molar-refractivity contribution in [2.24, 2.45) is 0 Å².